The molecule has 0 amide bonds. The van der Waals surface area contributed by atoms with Gasteiger partial charge in [0.15, 0.2) is 0 Å². The fraction of sp³-hybridized carbons (Fsp3) is 1.00. The zero-order valence-electron chi connectivity index (χ0n) is 7.77. The lowest BCUT2D eigenvalue weighted by atomic mass is 9.81. The molecule has 1 rings (SSSR count). The summed E-state index contributed by atoms with van der Waals surface area (Å²) in [6, 6.07) is 0. The van der Waals surface area contributed by atoms with Gasteiger partial charge in [-0.2, -0.15) is 0 Å². The Morgan fingerprint density at radius 2 is 1.91 bits per heavy atom. The van der Waals surface area contributed by atoms with Gasteiger partial charge in [-0.1, -0.05) is 33.1 Å². The second-order valence-electron chi connectivity index (χ2n) is 4.17. The van der Waals surface area contributed by atoms with E-state index in [1.807, 2.05) is 0 Å². The highest BCUT2D eigenvalue weighted by Gasteiger charge is 2.34. The van der Waals surface area contributed by atoms with Crippen molar-refractivity contribution in [3.63, 3.8) is 0 Å². The first kappa shape index (κ1) is 9.05. The minimum atomic E-state index is -0.0463. The van der Waals surface area contributed by atoms with Gasteiger partial charge in [0.1, 0.15) is 0 Å². The molecule has 0 bridgehead atoms. The predicted molar refractivity (Wildman–Crippen MR) is 47.5 cm³/mol. The van der Waals surface area contributed by atoms with Crippen molar-refractivity contribution in [1.29, 1.82) is 0 Å². The summed E-state index contributed by atoms with van der Waals surface area (Å²) in [6.07, 6.45) is 7.14. The molecule has 11 heavy (non-hydrogen) atoms. The van der Waals surface area contributed by atoms with Gasteiger partial charge in [0, 0.05) is 0 Å². The van der Waals surface area contributed by atoms with Gasteiger partial charge in [-0.3, -0.25) is 0 Å². The van der Waals surface area contributed by atoms with Crippen LogP contribution < -0.4 is 0 Å². The van der Waals surface area contributed by atoms with Gasteiger partial charge in [-0.25, -0.2) is 0 Å². The molecule has 1 atom stereocenters. The van der Waals surface area contributed by atoms with Crippen LogP contribution in [0.25, 0.3) is 0 Å². The summed E-state index contributed by atoms with van der Waals surface area (Å²) >= 11 is 0. The van der Waals surface area contributed by atoms with Crippen LogP contribution in [0, 0.1) is 5.41 Å². The van der Waals surface area contributed by atoms with Gasteiger partial charge >= 0.3 is 0 Å². The lowest BCUT2D eigenvalue weighted by Crippen LogP contribution is -2.29. The van der Waals surface area contributed by atoms with Gasteiger partial charge in [0.05, 0.1) is 6.10 Å². The van der Waals surface area contributed by atoms with Crippen molar-refractivity contribution in [3.8, 4) is 0 Å². The number of rotatable bonds is 3. The van der Waals surface area contributed by atoms with Gasteiger partial charge in [0.2, 0.25) is 0 Å². The van der Waals surface area contributed by atoms with Crippen LogP contribution in [-0.4, -0.2) is 11.2 Å². The minimum Gasteiger partial charge on any atom is -0.393 e. The quantitative estimate of drug-likeness (QED) is 0.666. The number of hydrogen-bond acceptors (Lipinski definition) is 1. The fourth-order valence-corrected chi connectivity index (χ4v) is 2.14. The van der Waals surface area contributed by atoms with E-state index in [9.17, 15) is 5.11 Å². The summed E-state index contributed by atoms with van der Waals surface area (Å²) in [7, 11) is 0. The Morgan fingerprint density at radius 3 is 2.36 bits per heavy atom. The third-order valence-electron chi connectivity index (χ3n) is 3.11. The van der Waals surface area contributed by atoms with Crippen molar-refractivity contribution < 1.29 is 5.11 Å². The molecular weight excluding hydrogens is 136 g/mol. The van der Waals surface area contributed by atoms with E-state index < -0.39 is 0 Å². The maximum absolute atomic E-state index is 9.81. The van der Waals surface area contributed by atoms with E-state index in [4.69, 9.17) is 0 Å². The first-order chi connectivity index (χ1) is 5.19. The first-order valence-corrected chi connectivity index (χ1v) is 4.87. The van der Waals surface area contributed by atoms with Crippen LogP contribution in [-0.2, 0) is 0 Å². The topological polar surface area (TPSA) is 20.2 Å². The molecule has 0 aliphatic heterocycles. The Hall–Kier alpha value is -0.0400. The second kappa shape index (κ2) is 3.57. The maximum Gasteiger partial charge on any atom is 0.0593 e. The number of aliphatic hydroxyl groups is 1. The number of aliphatic hydroxyl groups excluding tert-OH is 1. The molecule has 1 heteroatoms. The third kappa shape index (κ3) is 1.96. The van der Waals surface area contributed by atoms with Crippen molar-refractivity contribution in [2.24, 2.45) is 5.41 Å². The first-order valence-electron chi connectivity index (χ1n) is 4.87. The molecule has 0 aromatic rings. The molecule has 0 radical (unpaired) electrons. The van der Waals surface area contributed by atoms with Crippen LogP contribution in [0.1, 0.15) is 52.4 Å². The zero-order chi connectivity index (χ0) is 8.32. The van der Waals surface area contributed by atoms with E-state index in [0.29, 0.717) is 0 Å². The average Bonchev–Trinajstić information content (AvgIpc) is 2.38. The van der Waals surface area contributed by atoms with Gasteiger partial charge in [-0.05, 0) is 24.7 Å². The molecule has 1 unspecified atom stereocenters. The smallest absolute Gasteiger partial charge is 0.0593 e. The second-order valence-corrected chi connectivity index (χ2v) is 4.17. The Bertz CT molecular complexity index is 114. The molecular formula is C10H20O. The summed E-state index contributed by atoms with van der Waals surface area (Å²) in [6.45, 7) is 4.38. The largest absolute Gasteiger partial charge is 0.393 e. The summed E-state index contributed by atoms with van der Waals surface area (Å²) < 4.78 is 0. The van der Waals surface area contributed by atoms with Gasteiger partial charge in [-0.15, -0.1) is 0 Å². The van der Waals surface area contributed by atoms with E-state index in [1.54, 1.807) is 0 Å². The van der Waals surface area contributed by atoms with E-state index >= 15 is 0 Å². The standard InChI is InChI=1S/C10H20O/c1-3-6-9(11)10(2)7-4-5-8-10/h9,11H,3-8H2,1-2H3. The lowest BCUT2D eigenvalue weighted by Gasteiger charge is -2.29. The van der Waals surface area contributed by atoms with E-state index in [1.165, 1.54) is 25.7 Å². The molecule has 66 valence electrons. The average molecular weight is 156 g/mol. The molecule has 1 aliphatic carbocycles. The summed E-state index contributed by atoms with van der Waals surface area (Å²) in [4.78, 5) is 0. The highest BCUT2D eigenvalue weighted by atomic mass is 16.3. The summed E-state index contributed by atoms with van der Waals surface area (Å²) in [5.74, 6) is 0. The van der Waals surface area contributed by atoms with Crippen molar-refractivity contribution in [3.05, 3.63) is 0 Å². The highest BCUT2D eigenvalue weighted by molar-refractivity contribution is 4.86. The molecule has 0 aromatic heterocycles. The van der Waals surface area contributed by atoms with Crippen molar-refractivity contribution in [2.45, 2.75) is 58.5 Å². The monoisotopic (exact) mass is 156 g/mol. The summed E-state index contributed by atoms with van der Waals surface area (Å²) in [5, 5.41) is 9.81. The fourth-order valence-electron chi connectivity index (χ4n) is 2.14. The Labute approximate surface area is 69.8 Å². The van der Waals surface area contributed by atoms with E-state index in [0.717, 1.165) is 12.8 Å². The maximum atomic E-state index is 9.81. The predicted octanol–water partition coefficient (Wildman–Crippen LogP) is 2.73. The van der Waals surface area contributed by atoms with Crippen LogP contribution in [0.5, 0.6) is 0 Å². The van der Waals surface area contributed by atoms with Crippen molar-refractivity contribution >= 4 is 0 Å². The Kier molecular flexibility index (Phi) is 2.94. The van der Waals surface area contributed by atoms with Crippen molar-refractivity contribution in [2.75, 3.05) is 0 Å². The molecule has 1 N–H and O–H groups in total. The number of hydrogen-bond donors (Lipinski definition) is 1. The van der Waals surface area contributed by atoms with Crippen LogP contribution in [0.3, 0.4) is 0 Å². The SMILES string of the molecule is CCCC(O)C1(C)CCCC1. The molecule has 1 saturated carbocycles. The van der Waals surface area contributed by atoms with Crippen LogP contribution in [0.15, 0.2) is 0 Å². The molecule has 0 heterocycles. The normalized spacial score (nSPS) is 25.4. The van der Waals surface area contributed by atoms with Crippen LogP contribution in [0.2, 0.25) is 0 Å². The Balaban J connectivity index is 2.42. The van der Waals surface area contributed by atoms with Crippen LogP contribution in [0.4, 0.5) is 0 Å². The Morgan fingerprint density at radius 1 is 1.36 bits per heavy atom. The van der Waals surface area contributed by atoms with Gasteiger partial charge < -0.3 is 5.11 Å². The summed E-state index contributed by atoms with van der Waals surface area (Å²) in [5.41, 5.74) is 0.260. The van der Waals surface area contributed by atoms with Crippen LogP contribution >= 0.6 is 0 Å². The molecule has 1 aliphatic rings. The third-order valence-corrected chi connectivity index (χ3v) is 3.11. The molecule has 0 saturated heterocycles. The highest BCUT2D eigenvalue weighted by Crippen LogP contribution is 2.41. The zero-order valence-corrected chi connectivity index (χ0v) is 7.77. The minimum absolute atomic E-state index is 0.0463. The van der Waals surface area contributed by atoms with E-state index in [2.05, 4.69) is 13.8 Å². The van der Waals surface area contributed by atoms with E-state index in [-0.39, 0.29) is 11.5 Å². The molecule has 0 spiro atoms. The molecule has 0 aromatic carbocycles. The van der Waals surface area contributed by atoms with Crippen molar-refractivity contribution in [1.82, 2.24) is 0 Å². The molecule has 1 fully saturated rings. The molecule has 1 nitrogen and oxygen atoms in total. The lowest BCUT2D eigenvalue weighted by molar-refractivity contribution is 0.0346. The van der Waals surface area contributed by atoms with Gasteiger partial charge in [0.25, 0.3) is 0 Å².